The Morgan fingerprint density at radius 2 is 2.00 bits per heavy atom. The maximum atomic E-state index is 11.5. The molecule has 0 radical (unpaired) electrons. The minimum Gasteiger partial charge on any atom is -0.491 e. The number of Topliss-reactive ketones (excluding diaryl/α,β-unsaturated/α-hetero) is 1. The van der Waals surface area contributed by atoms with Gasteiger partial charge in [-0.25, -0.2) is 0 Å². The standard InChI is InChI=1S/C17H22N2O2/c1-5-15-12(2)18-19(13(15)3)10-11-21-17-9-7-6-8-16(17)14(4)20/h6-9H,5,10-11H2,1-4H3. The number of ketones is 1. The number of hydrogen-bond acceptors (Lipinski definition) is 3. The summed E-state index contributed by atoms with van der Waals surface area (Å²) in [5.74, 6) is 0.659. The number of ether oxygens (including phenoxy) is 1. The van der Waals surface area contributed by atoms with Crippen LogP contribution in [0.15, 0.2) is 24.3 Å². The van der Waals surface area contributed by atoms with Gasteiger partial charge in [0.05, 0.1) is 17.8 Å². The molecule has 2 rings (SSSR count). The second kappa shape index (κ2) is 6.57. The lowest BCUT2D eigenvalue weighted by molar-refractivity contribution is 0.101. The van der Waals surface area contributed by atoms with Gasteiger partial charge in [-0.05, 0) is 44.9 Å². The number of carbonyl (C=O) groups is 1. The molecule has 0 unspecified atom stereocenters. The summed E-state index contributed by atoms with van der Waals surface area (Å²) in [6.07, 6.45) is 0.992. The van der Waals surface area contributed by atoms with Gasteiger partial charge in [-0.15, -0.1) is 0 Å². The molecule has 0 spiro atoms. The summed E-state index contributed by atoms with van der Waals surface area (Å²) in [6.45, 7) is 8.99. The highest BCUT2D eigenvalue weighted by Gasteiger charge is 2.10. The van der Waals surface area contributed by atoms with Crippen molar-refractivity contribution in [1.29, 1.82) is 0 Å². The predicted octanol–water partition coefficient (Wildman–Crippen LogP) is 3.34. The van der Waals surface area contributed by atoms with E-state index in [0.717, 1.165) is 12.1 Å². The average molecular weight is 286 g/mol. The molecule has 0 atom stereocenters. The number of rotatable bonds is 6. The van der Waals surface area contributed by atoms with Crippen LogP contribution in [-0.4, -0.2) is 22.2 Å². The van der Waals surface area contributed by atoms with Gasteiger partial charge >= 0.3 is 0 Å². The molecule has 1 aromatic heterocycles. The third-order valence-corrected chi connectivity index (χ3v) is 3.71. The second-order valence-electron chi connectivity index (χ2n) is 5.13. The Labute approximate surface area is 125 Å². The fourth-order valence-corrected chi connectivity index (χ4v) is 2.59. The molecule has 2 aromatic rings. The Morgan fingerprint density at radius 3 is 2.62 bits per heavy atom. The largest absolute Gasteiger partial charge is 0.491 e. The van der Waals surface area contributed by atoms with Gasteiger partial charge < -0.3 is 4.74 Å². The highest BCUT2D eigenvalue weighted by molar-refractivity contribution is 5.96. The van der Waals surface area contributed by atoms with Crippen LogP contribution in [0.1, 0.15) is 41.2 Å². The SMILES string of the molecule is CCc1c(C)nn(CCOc2ccccc2C(C)=O)c1C. The van der Waals surface area contributed by atoms with E-state index in [1.807, 2.05) is 29.8 Å². The molecule has 21 heavy (non-hydrogen) atoms. The van der Waals surface area contributed by atoms with Crippen LogP contribution in [0, 0.1) is 13.8 Å². The zero-order valence-electron chi connectivity index (χ0n) is 13.1. The van der Waals surface area contributed by atoms with Crippen molar-refractivity contribution >= 4 is 5.78 Å². The molecule has 0 amide bonds. The minimum atomic E-state index is 0.0185. The first-order valence-corrected chi connectivity index (χ1v) is 7.30. The summed E-state index contributed by atoms with van der Waals surface area (Å²) in [5.41, 5.74) is 4.21. The van der Waals surface area contributed by atoms with E-state index in [4.69, 9.17) is 4.74 Å². The Kier molecular flexibility index (Phi) is 4.78. The van der Waals surface area contributed by atoms with Crippen molar-refractivity contribution in [2.24, 2.45) is 0 Å². The van der Waals surface area contributed by atoms with Crippen LogP contribution in [0.2, 0.25) is 0 Å². The van der Waals surface area contributed by atoms with E-state index in [-0.39, 0.29) is 5.78 Å². The summed E-state index contributed by atoms with van der Waals surface area (Å²) in [6, 6.07) is 7.34. The van der Waals surface area contributed by atoms with E-state index in [0.29, 0.717) is 24.5 Å². The number of aryl methyl sites for hydroxylation is 1. The van der Waals surface area contributed by atoms with Gasteiger partial charge in [0, 0.05) is 5.69 Å². The molecule has 0 saturated heterocycles. The number of aromatic nitrogens is 2. The van der Waals surface area contributed by atoms with Crippen molar-refractivity contribution in [3.63, 3.8) is 0 Å². The van der Waals surface area contributed by atoms with Gasteiger partial charge in [0.15, 0.2) is 5.78 Å². The number of hydrogen-bond donors (Lipinski definition) is 0. The Balaban J connectivity index is 2.04. The Morgan fingerprint density at radius 1 is 1.29 bits per heavy atom. The first kappa shape index (κ1) is 15.3. The maximum absolute atomic E-state index is 11.5. The zero-order chi connectivity index (χ0) is 15.4. The number of nitrogens with zero attached hydrogens (tertiary/aromatic N) is 2. The molecule has 0 bridgehead atoms. The topological polar surface area (TPSA) is 44.1 Å². The molecule has 0 saturated carbocycles. The van der Waals surface area contributed by atoms with Crippen molar-refractivity contribution < 1.29 is 9.53 Å². The molecular weight excluding hydrogens is 264 g/mol. The molecule has 4 heteroatoms. The lowest BCUT2D eigenvalue weighted by atomic mass is 10.1. The highest BCUT2D eigenvalue weighted by atomic mass is 16.5. The van der Waals surface area contributed by atoms with Crippen molar-refractivity contribution in [2.45, 2.75) is 40.7 Å². The normalized spacial score (nSPS) is 10.7. The third kappa shape index (κ3) is 3.32. The molecular formula is C17H22N2O2. The van der Waals surface area contributed by atoms with E-state index in [9.17, 15) is 4.79 Å². The van der Waals surface area contributed by atoms with Crippen LogP contribution in [0.3, 0.4) is 0 Å². The van der Waals surface area contributed by atoms with E-state index in [1.54, 1.807) is 13.0 Å². The summed E-state index contributed by atoms with van der Waals surface area (Å²) in [7, 11) is 0. The van der Waals surface area contributed by atoms with Crippen molar-refractivity contribution in [1.82, 2.24) is 9.78 Å². The fourth-order valence-electron chi connectivity index (χ4n) is 2.59. The second-order valence-corrected chi connectivity index (χ2v) is 5.13. The summed E-state index contributed by atoms with van der Waals surface area (Å²) >= 11 is 0. The predicted molar refractivity (Wildman–Crippen MR) is 83.0 cm³/mol. The zero-order valence-corrected chi connectivity index (χ0v) is 13.1. The third-order valence-electron chi connectivity index (χ3n) is 3.71. The molecule has 0 aliphatic heterocycles. The highest BCUT2D eigenvalue weighted by Crippen LogP contribution is 2.19. The lowest BCUT2D eigenvalue weighted by Gasteiger charge is -2.10. The van der Waals surface area contributed by atoms with Gasteiger partial charge in [-0.3, -0.25) is 9.48 Å². The van der Waals surface area contributed by atoms with Crippen LogP contribution in [0.25, 0.3) is 0 Å². The van der Waals surface area contributed by atoms with Crippen molar-refractivity contribution in [3.05, 3.63) is 46.8 Å². The minimum absolute atomic E-state index is 0.0185. The molecule has 4 nitrogen and oxygen atoms in total. The maximum Gasteiger partial charge on any atom is 0.163 e. The fraction of sp³-hybridized carbons (Fsp3) is 0.412. The van der Waals surface area contributed by atoms with Crippen LogP contribution in [0.4, 0.5) is 0 Å². The van der Waals surface area contributed by atoms with Gasteiger partial charge in [0.2, 0.25) is 0 Å². The molecule has 0 aliphatic rings. The number of para-hydroxylation sites is 1. The molecule has 1 aromatic carbocycles. The number of benzene rings is 1. The van der Waals surface area contributed by atoms with Gasteiger partial charge in [-0.1, -0.05) is 19.1 Å². The van der Waals surface area contributed by atoms with Crippen molar-refractivity contribution in [3.8, 4) is 5.75 Å². The lowest BCUT2D eigenvalue weighted by Crippen LogP contribution is -2.12. The quantitative estimate of drug-likeness (QED) is 0.765. The van der Waals surface area contributed by atoms with Gasteiger partial charge in [0.1, 0.15) is 12.4 Å². The molecule has 0 aliphatic carbocycles. The Bertz CT molecular complexity index is 644. The van der Waals surface area contributed by atoms with E-state index >= 15 is 0 Å². The summed E-state index contributed by atoms with van der Waals surface area (Å²) < 4.78 is 7.74. The van der Waals surface area contributed by atoms with Crippen LogP contribution in [-0.2, 0) is 13.0 Å². The van der Waals surface area contributed by atoms with Crippen LogP contribution in [0.5, 0.6) is 5.75 Å². The van der Waals surface area contributed by atoms with E-state index in [2.05, 4.69) is 18.9 Å². The molecule has 112 valence electrons. The number of carbonyl (C=O) groups excluding carboxylic acids is 1. The molecule has 0 fully saturated rings. The summed E-state index contributed by atoms with van der Waals surface area (Å²) in [4.78, 5) is 11.5. The summed E-state index contributed by atoms with van der Waals surface area (Å²) in [5, 5.41) is 4.54. The molecule has 1 heterocycles. The molecule has 0 N–H and O–H groups in total. The van der Waals surface area contributed by atoms with E-state index < -0.39 is 0 Å². The monoisotopic (exact) mass is 286 g/mol. The first-order chi connectivity index (χ1) is 10.0. The average Bonchev–Trinajstić information content (AvgIpc) is 2.73. The van der Waals surface area contributed by atoms with E-state index in [1.165, 1.54) is 11.3 Å². The van der Waals surface area contributed by atoms with Crippen LogP contribution >= 0.6 is 0 Å². The Hall–Kier alpha value is -2.10. The van der Waals surface area contributed by atoms with Gasteiger partial charge in [0.25, 0.3) is 0 Å². The smallest absolute Gasteiger partial charge is 0.163 e. The first-order valence-electron chi connectivity index (χ1n) is 7.30. The van der Waals surface area contributed by atoms with Crippen molar-refractivity contribution in [2.75, 3.05) is 6.61 Å². The van der Waals surface area contributed by atoms with Crippen LogP contribution < -0.4 is 4.74 Å². The van der Waals surface area contributed by atoms with Gasteiger partial charge in [-0.2, -0.15) is 5.10 Å².